The van der Waals surface area contributed by atoms with Gasteiger partial charge < -0.3 is 25.2 Å². The Bertz CT molecular complexity index is 1780. The molecule has 6 aromatic heterocycles. The summed E-state index contributed by atoms with van der Waals surface area (Å²) in [6.07, 6.45) is 10.5. The Balaban J connectivity index is 0.000000148. The van der Waals surface area contributed by atoms with Gasteiger partial charge >= 0.3 is 0 Å². The van der Waals surface area contributed by atoms with Gasteiger partial charge in [-0.05, 0) is 93.5 Å². The van der Waals surface area contributed by atoms with Crippen molar-refractivity contribution in [3.05, 3.63) is 73.1 Å². The summed E-state index contributed by atoms with van der Waals surface area (Å²) in [5.41, 5.74) is 16.3. The Kier molecular flexibility index (Phi) is 8.28. The zero-order valence-corrected chi connectivity index (χ0v) is 26.9. The maximum Gasteiger partial charge on any atom is 0.152 e. The summed E-state index contributed by atoms with van der Waals surface area (Å²) in [4.78, 5) is 17.0. The highest BCUT2D eigenvalue weighted by Crippen LogP contribution is 2.29. The quantitative estimate of drug-likeness (QED) is 0.192. The second kappa shape index (κ2) is 11.3. The van der Waals surface area contributed by atoms with E-state index in [0.29, 0.717) is 16.7 Å². The summed E-state index contributed by atoms with van der Waals surface area (Å²) in [6, 6.07) is 7.53. The number of anilines is 2. The van der Waals surface area contributed by atoms with Crippen molar-refractivity contribution in [1.82, 2.24) is 33.6 Å². The van der Waals surface area contributed by atoms with E-state index in [1.165, 1.54) is 6.20 Å². The fourth-order valence-electron chi connectivity index (χ4n) is 4.86. The summed E-state index contributed by atoms with van der Waals surface area (Å²) >= 11 is 0. The van der Waals surface area contributed by atoms with Gasteiger partial charge in [0.05, 0.1) is 11.1 Å². The molecule has 4 N–H and O–H groups in total. The van der Waals surface area contributed by atoms with E-state index in [0.717, 1.165) is 33.4 Å². The van der Waals surface area contributed by atoms with Gasteiger partial charge in [0.15, 0.2) is 5.82 Å². The van der Waals surface area contributed by atoms with Crippen LogP contribution in [0.25, 0.3) is 33.1 Å². The third-order valence-corrected chi connectivity index (χ3v) is 7.14. The van der Waals surface area contributed by atoms with Crippen LogP contribution in [0.2, 0.25) is 0 Å². The van der Waals surface area contributed by atoms with Crippen LogP contribution in [0.3, 0.4) is 0 Å². The lowest BCUT2D eigenvalue weighted by atomic mass is 10.1. The van der Waals surface area contributed by atoms with E-state index in [2.05, 4.69) is 82.9 Å². The topological polar surface area (TPSA) is 118 Å². The number of aryl methyl sites for hydroxylation is 1. The van der Waals surface area contributed by atoms with Crippen molar-refractivity contribution in [3.63, 3.8) is 0 Å². The van der Waals surface area contributed by atoms with Gasteiger partial charge in [-0.2, -0.15) is 0 Å². The summed E-state index contributed by atoms with van der Waals surface area (Å²) in [5, 5.41) is 2.58. The maximum atomic E-state index is 13.7. The molecule has 6 aromatic rings. The van der Waals surface area contributed by atoms with Gasteiger partial charge in [-0.1, -0.05) is 0 Å². The van der Waals surface area contributed by atoms with Gasteiger partial charge in [0.1, 0.15) is 23.3 Å². The minimum atomic E-state index is -0.314. The average Bonchev–Trinajstić information content (AvgIpc) is 3.61. The molecule has 0 aliphatic carbocycles. The van der Waals surface area contributed by atoms with E-state index in [1.54, 1.807) is 29.4 Å². The first-order valence-electron chi connectivity index (χ1n) is 14.3. The molecule has 228 valence electrons. The monoisotopic (exact) mass is 585 g/mol. The fraction of sp³-hybridized carbons (Fsp3) is 0.394. The largest absolute Gasteiger partial charge is 0.398 e. The van der Waals surface area contributed by atoms with Crippen LogP contribution in [0.1, 0.15) is 68.0 Å². The van der Waals surface area contributed by atoms with Gasteiger partial charge in [0, 0.05) is 69.7 Å². The van der Waals surface area contributed by atoms with Crippen LogP contribution < -0.4 is 11.5 Å². The molecule has 0 radical (unpaired) electrons. The highest BCUT2D eigenvalue weighted by molar-refractivity contribution is 5.89. The van der Waals surface area contributed by atoms with E-state index in [1.807, 2.05) is 46.0 Å². The number of pyridine rings is 2. The number of nitrogen functional groups attached to an aromatic ring is 2. The van der Waals surface area contributed by atoms with Crippen LogP contribution in [0.4, 0.5) is 15.8 Å². The van der Waals surface area contributed by atoms with Crippen molar-refractivity contribution < 1.29 is 4.39 Å². The molecule has 0 aliphatic rings. The van der Waals surface area contributed by atoms with Crippen LogP contribution in [-0.2, 0) is 16.6 Å². The molecule has 9 nitrogen and oxygen atoms in total. The normalized spacial score (nSPS) is 12.3. The average molecular weight is 586 g/mol. The fourth-order valence-corrected chi connectivity index (χ4v) is 4.86. The number of rotatable bonds is 0. The summed E-state index contributed by atoms with van der Waals surface area (Å²) in [7, 11) is 0. The first-order chi connectivity index (χ1) is 19.9. The zero-order valence-electron chi connectivity index (χ0n) is 26.9. The first kappa shape index (κ1) is 31.5. The molecule has 0 spiro atoms. The first-order valence-corrected chi connectivity index (χ1v) is 14.3. The van der Waals surface area contributed by atoms with Crippen molar-refractivity contribution in [2.45, 2.75) is 85.9 Å². The van der Waals surface area contributed by atoms with E-state index in [4.69, 9.17) is 11.5 Å². The SMILES string of the molecule is CC(C)(C)n1cc(F)c2c(N)ccnc21.CC(C)(C)n1ccc2c(N)ccnc21.Cc1ncnc2c1ccn2C(C)(C)C. The number of nitrogens with two attached hydrogens (primary N) is 2. The molecular weight excluding hydrogens is 541 g/mol. The van der Waals surface area contributed by atoms with Crippen molar-refractivity contribution >= 4 is 44.5 Å². The van der Waals surface area contributed by atoms with Crippen LogP contribution in [0, 0.1) is 12.7 Å². The Morgan fingerprint density at radius 3 is 1.65 bits per heavy atom. The number of fused-ring (bicyclic) bond motifs is 3. The third kappa shape index (κ3) is 6.48. The Morgan fingerprint density at radius 1 is 0.605 bits per heavy atom. The van der Waals surface area contributed by atoms with Crippen LogP contribution in [0.5, 0.6) is 0 Å². The lowest BCUT2D eigenvalue weighted by Crippen LogP contribution is -2.20. The van der Waals surface area contributed by atoms with Crippen LogP contribution in [0.15, 0.2) is 61.6 Å². The highest BCUT2D eigenvalue weighted by Gasteiger charge is 2.21. The Labute approximate surface area is 252 Å². The minimum absolute atomic E-state index is 0.0442. The van der Waals surface area contributed by atoms with Crippen LogP contribution >= 0.6 is 0 Å². The molecule has 0 saturated carbocycles. The molecule has 0 aromatic carbocycles. The van der Waals surface area contributed by atoms with Gasteiger partial charge in [0.2, 0.25) is 0 Å². The summed E-state index contributed by atoms with van der Waals surface area (Å²) < 4.78 is 19.8. The Morgan fingerprint density at radius 2 is 1.09 bits per heavy atom. The van der Waals surface area contributed by atoms with Gasteiger partial charge in [0.25, 0.3) is 0 Å². The molecule has 0 amide bonds. The maximum absolute atomic E-state index is 13.7. The zero-order chi connectivity index (χ0) is 31.9. The molecule has 0 unspecified atom stereocenters. The molecule has 0 atom stereocenters. The number of hydrogen-bond donors (Lipinski definition) is 2. The van der Waals surface area contributed by atoms with Crippen molar-refractivity contribution in [2.75, 3.05) is 11.5 Å². The van der Waals surface area contributed by atoms with Gasteiger partial charge in [-0.3, -0.25) is 0 Å². The minimum Gasteiger partial charge on any atom is -0.398 e. The molecule has 0 bridgehead atoms. The van der Waals surface area contributed by atoms with Crippen LogP contribution in [-0.4, -0.2) is 33.6 Å². The molecule has 6 rings (SSSR count). The van der Waals surface area contributed by atoms with Gasteiger partial charge in [-0.15, -0.1) is 0 Å². The highest BCUT2D eigenvalue weighted by atomic mass is 19.1. The molecule has 0 saturated heterocycles. The Hall–Kier alpha value is -4.47. The van der Waals surface area contributed by atoms with Crippen molar-refractivity contribution in [3.8, 4) is 0 Å². The standard InChI is InChI=1S/C11H14FN3.2C11H15N3/c1-11(2,3)15-6-7(12)9-8(13)4-5-14-10(9)15;1-8-9-5-6-14(11(2,3)4)10(9)13-7-12-8;1-11(2,3)14-7-5-8-9(12)4-6-13-10(8)14/h4-6H,1-3H3,(H2,13,14);5-7H,1-4H3;4-7H,1-3H3,(H2,12,13). The molecule has 0 aliphatic heterocycles. The van der Waals surface area contributed by atoms with E-state index >= 15 is 0 Å². The smallest absolute Gasteiger partial charge is 0.152 e. The second-order valence-electron chi connectivity index (χ2n) is 13.7. The second-order valence-corrected chi connectivity index (χ2v) is 13.7. The molecular formula is C33H44FN9. The third-order valence-electron chi connectivity index (χ3n) is 7.14. The molecule has 0 fully saturated rings. The predicted molar refractivity (Wildman–Crippen MR) is 176 cm³/mol. The predicted octanol–water partition coefficient (Wildman–Crippen LogP) is 7.38. The lowest BCUT2D eigenvalue weighted by molar-refractivity contribution is 0.404. The summed E-state index contributed by atoms with van der Waals surface area (Å²) in [6.45, 7) is 21.0. The summed E-state index contributed by atoms with van der Waals surface area (Å²) in [5.74, 6) is -0.314. The van der Waals surface area contributed by atoms with E-state index in [-0.39, 0.29) is 22.4 Å². The lowest BCUT2D eigenvalue weighted by Gasteiger charge is -2.21. The van der Waals surface area contributed by atoms with E-state index in [9.17, 15) is 4.39 Å². The molecule has 10 heteroatoms. The molecule has 6 heterocycles. The van der Waals surface area contributed by atoms with Crippen molar-refractivity contribution in [1.29, 1.82) is 0 Å². The van der Waals surface area contributed by atoms with Gasteiger partial charge in [-0.25, -0.2) is 24.3 Å². The number of aromatic nitrogens is 7. The van der Waals surface area contributed by atoms with E-state index < -0.39 is 0 Å². The van der Waals surface area contributed by atoms with Crippen molar-refractivity contribution in [2.24, 2.45) is 0 Å². The number of hydrogen-bond acceptors (Lipinski definition) is 6. The number of nitrogens with zero attached hydrogens (tertiary/aromatic N) is 7. The number of halogens is 1. The molecule has 43 heavy (non-hydrogen) atoms.